The fraction of sp³-hybridized carbons (Fsp3) is 0.565. The number of thioether (sulfide) groups is 1. The molecule has 2 amide bonds. The molecule has 12 heteroatoms. The van der Waals surface area contributed by atoms with Gasteiger partial charge >= 0.3 is 6.09 Å². The molecule has 0 saturated carbocycles. The molecule has 1 aliphatic heterocycles. The third kappa shape index (κ3) is 6.61. The smallest absolute Gasteiger partial charge is 0.407 e. The molecule has 1 heterocycles. The van der Waals surface area contributed by atoms with Gasteiger partial charge in [0.25, 0.3) is 5.91 Å². The zero-order chi connectivity index (χ0) is 26.6. The topological polar surface area (TPSA) is 136 Å². The van der Waals surface area contributed by atoms with Crippen LogP contribution in [0.15, 0.2) is 29.2 Å². The van der Waals surface area contributed by atoms with Crippen LogP contribution in [0.4, 0.5) is 4.79 Å². The normalized spacial score (nSPS) is 20.3. The Bertz CT molecular complexity index is 1100. The molecule has 194 valence electrons. The number of ether oxygens (including phenoxy) is 1. The van der Waals surface area contributed by atoms with Gasteiger partial charge in [0.15, 0.2) is 0 Å². The number of carboxylic acid groups (broad SMARTS) is 1. The van der Waals surface area contributed by atoms with Gasteiger partial charge < -0.3 is 14.7 Å². The van der Waals surface area contributed by atoms with Gasteiger partial charge in [0.05, 0.1) is 0 Å². The number of sulfonamides is 1. The summed E-state index contributed by atoms with van der Waals surface area (Å²) in [5.41, 5.74) is 0.864. The van der Waals surface area contributed by atoms with E-state index in [0.717, 1.165) is 4.31 Å². The Balaban J connectivity index is 2.57. The molecule has 0 spiro atoms. The molecular weight excluding hydrogens is 494 g/mol. The molecule has 1 aromatic carbocycles. The van der Waals surface area contributed by atoms with E-state index < -0.39 is 43.6 Å². The highest BCUT2D eigenvalue weighted by Crippen LogP contribution is 2.43. The fourth-order valence-electron chi connectivity index (χ4n) is 3.96. The van der Waals surface area contributed by atoms with Crippen molar-refractivity contribution in [1.29, 1.82) is 0 Å². The molecule has 2 atom stereocenters. The maximum atomic E-state index is 13.9. The van der Waals surface area contributed by atoms with Crippen LogP contribution < -0.4 is 10.2 Å². The lowest BCUT2D eigenvalue weighted by molar-refractivity contribution is -0.134. The number of carbonyl (C=O) groups is 2. The maximum Gasteiger partial charge on any atom is 0.407 e. The Morgan fingerprint density at radius 3 is 2.49 bits per heavy atom. The summed E-state index contributed by atoms with van der Waals surface area (Å²) in [6, 6.07) is 4.77. The first-order chi connectivity index (χ1) is 16.2. The van der Waals surface area contributed by atoms with Crippen LogP contribution in [-0.2, 0) is 14.8 Å². The number of hydrogen-bond donors (Lipinski definition) is 3. The van der Waals surface area contributed by atoms with Crippen LogP contribution in [0.2, 0.25) is 0 Å². The summed E-state index contributed by atoms with van der Waals surface area (Å²) in [5.74, 6) is 4.58. The first kappa shape index (κ1) is 28.8. The summed E-state index contributed by atoms with van der Waals surface area (Å²) in [7, 11) is -4.32. The summed E-state index contributed by atoms with van der Waals surface area (Å²) in [4.78, 5) is 25.8. The van der Waals surface area contributed by atoms with Gasteiger partial charge in [-0.2, -0.15) is 4.31 Å². The van der Waals surface area contributed by atoms with Gasteiger partial charge in [-0.3, -0.25) is 10.0 Å². The highest BCUT2D eigenvalue weighted by Gasteiger charge is 2.52. The van der Waals surface area contributed by atoms with Gasteiger partial charge in [-0.05, 0) is 53.7 Å². The van der Waals surface area contributed by atoms with E-state index in [1.54, 1.807) is 59.2 Å². The number of carbonyl (C=O) groups excluding carboxylic acids is 1. The number of hydroxylamine groups is 1. The average molecular weight is 528 g/mol. The van der Waals surface area contributed by atoms with Crippen LogP contribution in [0.3, 0.4) is 0 Å². The molecule has 1 aromatic rings. The van der Waals surface area contributed by atoms with Gasteiger partial charge in [0.1, 0.15) is 23.3 Å². The third-order valence-electron chi connectivity index (χ3n) is 5.50. The van der Waals surface area contributed by atoms with Crippen molar-refractivity contribution in [3.05, 3.63) is 24.3 Å². The summed E-state index contributed by atoms with van der Waals surface area (Å²) in [6.07, 6.45) is -1.13. The number of nitrogens with zero attached hydrogens (tertiary/aromatic N) is 2. The van der Waals surface area contributed by atoms with E-state index in [4.69, 9.17) is 4.74 Å². The summed E-state index contributed by atoms with van der Waals surface area (Å²) < 4.78 is 33.5. The van der Waals surface area contributed by atoms with Crippen molar-refractivity contribution in [2.24, 2.45) is 0 Å². The van der Waals surface area contributed by atoms with Gasteiger partial charge in [-0.25, -0.2) is 18.7 Å². The second-order valence-electron chi connectivity index (χ2n) is 9.52. The highest BCUT2D eigenvalue weighted by molar-refractivity contribution is 8.01. The monoisotopic (exact) mass is 527 g/mol. The third-order valence-corrected chi connectivity index (χ3v) is 8.83. The summed E-state index contributed by atoms with van der Waals surface area (Å²) >= 11 is 1.31. The van der Waals surface area contributed by atoms with Gasteiger partial charge in [-0.1, -0.05) is 18.1 Å². The Hall–Kier alpha value is -2.46. The standard InChI is InChI=1S/C23H33N3O7S2/c1-7-8-13-33-17-11-9-10-12-18(17)35(31,32)26-15-16(14-25(21(28)29)22(2,3)4)34-23(5,6)19(26)20(27)24-30/h9-12,16,19,30H,13-15H2,1-6H3,(H,24,27)(H,28,29)/t16-,19+/m1/s1. The summed E-state index contributed by atoms with van der Waals surface area (Å²) in [5, 5.41) is 18.7. The maximum absolute atomic E-state index is 13.9. The lowest BCUT2D eigenvalue weighted by Gasteiger charge is -2.48. The van der Waals surface area contributed by atoms with E-state index in [2.05, 4.69) is 11.8 Å². The molecule has 1 aliphatic rings. The SMILES string of the molecule is CC#CCOc1ccccc1S(=O)(=O)N1C[C@@H](CN(C(=O)O)C(C)(C)C)SC(C)(C)[C@@H]1C(=O)NO. The molecule has 0 aromatic heterocycles. The largest absolute Gasteiger partial charge is 0.480 e. The van der Waals surface area contributed by atoms with Gasteiger partial charge in [0.2, 0.25) is 10.0 Å². The first-order valence-corrected chi connectivity index (χ1v) is 13.2. The first-order valence-electron chi connectivity index (χ1n) is 10.9. The van der Waals surface area contributed by atoms with Crippen molar-refractivity contribution in [2.45, 2.75) is 68.0 Å². The molecule has 0 unspecified atom stereocenters. The van der Waals surface area contributed by atoms with E-state index in [9.17, 15) is 28.3 Å². The zero-order valence-corrected chi connectivity index (χ0v) is 22.4. The van der Waals surface area contributed by atoms with Crippen molar-refractivity contribution < 1.29 is 33.1 Å². The number of nitrogens with one attached hydrogen (secondary N) is 1. The molecule has 3 N–H and O–H groups in total. The Kier molecular flexibility index (Phi) is 9.10. The number of para-hydroxylation sites is 1. The molecule has 0 radical (unpaired) electrons. The summed E-state index contributed by atoms with van der Waals surface area (Å²) in [6.45, 7) is 10.1. The van der Waals surface area contributed by atoms with Gasteiger partial charge in [0, 0.05) is 28.6 Å². The van der Waals surface area contributed by atoms with Crippen LogP contribution in [0, 0.1) is 11.8 Å². The predicted molar refractivity (Wildman–Crippen MR) is 133 cm³/mol. The van der Waals surface area contributed by atoms with Crippen LogP contribution in [-0.4, -0.2) is 81.2 Å². The molecule has 35 heavy (non-hydrogen) atoms. The molecule has 2 rings (SSSR count). The van der Waals surface area contributed by atoms with Crippen molar-refractivity contribution in [3.63, 3.8) is 0 Å². The minimum atomic E-state index is -4.32. The van der Waals surface area contributed by atoms with E-state index >= 15 is 0 Å². The number of benzene rings is 1. The van der Waals surface area contributed by atoms with Crippen LogP contribution in [0.5, 0.6) is 5.75 Å². The minimum Gasteiger partial charge on any atom is -0.480 e. The number of rotatable bonds is 7. The number of amides is 2. The fourth-order valence-corrected chi connectivity index (χ4v) is 7.70. The second kappa shape index (κ2) is 11.1. The van der Waals surface area contributed by atoms with Crippen molar-refractivity contribution >= 4 is 33.8 Å². The van der Waals surface area contributed by atoms with Crippen molar-refractivity contribution in [1.82, 2.24) is 14.7 Å². The molecular formula is C23H33N3O7S2. The van der Waals surface area contributed by atoms with Crippen molar-refractivity contribution in [2.75, 3.05) is 19.7 Å². The van der Waals surface area contributed by atoms with Crippen LogP contribution in [0.1, 0.15) is 41.5 Å². The van der Waals surface area contributed by atoms with E-state index in [0.29, 0.717) is 0 Å². The number of hydrogen-bond acceptors (Lipinski definition) is 7. The Labute approximate surface area is 211 Å². The second-order valence-corrected chi connectivity index (χ2v) is 13.3. The minimum absolute atomic E-state index is 0.0211. The lowest BCUT2D eigenvalue weighted by Crippen LogP contribution is -2.64. The van der Waals surface area contributed by atoms with E-state index in [-0.39, 0.29) is 30.3 Å². The molecule has 1 fully saturated rings. The Morgan fingerprint density at radius 1 is 1.31 bits per heavy atom. The predicted octanol–water partition coefficient (Wildman–Crippen LogP) is 2.63. The zero-order valence-electron chi connectivity index (χ0n) is 20.7. The molecule has 0 aliphatic carbocycles. The Morgan fingerprint density at radius 2 is 1.94 bits per heavy atom. The van der Waals surface area contributed by atoms with E-state index in [1.165, 1.54) is 28.8 Å². The quantitative estimate of drug-likeness (QED) is 0.280. The highest BCUT2D eigenvalue weighted by atomic mass is 32.2. The van der Waals surface area contributed by atoms with Crippen LogP contribution >= 0.6 is 11.8 Å². The lowest BCUT2D eigenvalue weighted by atomic mass is 10.0. The molecule has 10 nitrogen and oxygen atoms in total. The van der Waals surface area contributed by atoms with E-state index in [1.807, 2.05) is 0 Å². The molecule has 1 saturated heterocycles. The van der Waals surface area contributed by atoms with Crippen LogP contribution in [0.25, 0.3) is 0 Å². The van der Waals surface area contributed by atoms with Gasteiger partial charge in [-0.15, -0.1) is 17.7 Å². The van der Waals surface area contributed by atoms with Crippen molar-refractivity contribution in [3.8, 4) is 17.6 Å². The average Bonchev–Trinajstić information content (AvgIpc) is 2.75. The molecule has 0 bridgehead atoms.